The van der Waals surface area contributed by atoms with Crippen LogP contribution in [-0.2, 0) is 0 Å². The molecule has 3 N–H and O–H groups in total. The Kier molecular flexibility index (Phi) is 4.08. The Balaban J connectivity index is 1.61. The van der Waals surface area contributed by atoms with E-state index in [4.69, 9.17) is 4.74 Å². The third-order valence-corrected chi connectivity index (χ3v) is 6.05. The van der Waals surface area contributed by atoms with Gasteiger partial charge in [0.2, 0.25) is 0 Å². The van der Waals surface area contributed by atoms with Crippen LogP contribution >= 0.6 is 0 Å². The number of nitrogens with one attached hydrogen (secondary N) is 3. The number of fused-ring (bicyclic) bond motifs is 2. The lowest BCUT2D eigenvalue weighted by atomic mass is 9.88. The molecule has 0 spiro atoms. The lowest BCUT2D eigenvalue weighted by molar-refractivity contribution is 0.0949. The summed E-state index contributed by atoms with van der Waals surface area (Å²) in [6.07, 6.45) is 2.92. The molecule has 2 aromatic carbocycles. The number of amides is 2. The summed E-state index contributed by atoms with van der Waals surface area (Å²) >= 11 is 0. The molecule has 3 atom stereocenters. The first-order valence-electron chi connectivity index (χ1n) is 9.96. The van der Waals surface area contributed by atoms with Crippen LogP contribution in [0.4, 0.5) is 0 Å². The summed E-state index contributed by atoms with van der Waals surface area (Å²) in [5.41, 5.74) is 3.97. The fraction of sp³-hybridized carbons (Fsp3) is 0.304. The van der Waals surface area contributed by atoms with Crippen molar-refractivity contribution < 1.29 is 14.3 Å². The highest BCUT2D eigenvalue weighted by atomic mass is 16.5. The Morgan fingerprint density at radius 2 is 1.97 bits per heavy atom. The van der Waals surface area contributed by atoms with Gasteiger partial charge in [-0.3, -0.25) is 9.59 Å². The molecule has 1 saturated carbocycles. The molecule has 0 unspecified atom stereocenters. The van der Waals surface area contributed by atoms with Crippen molar-refractivity contribution in [3.63, 3.8) is 0 Å². The molecule has 2 aliphatic rings. The van der Waals surface area contributed by atoms with Gasteiger partial charge >= 0.3 is 0 Å². The van der Waals surface area contributed by atoms with Crippen LogP contribution in [0.15, 0.2) is 42.6 Å². The van der Waals surface area contributed by atoms with Gasteiger partial charge in [0, 0.05) is 47.2 Å². The third-order valence-electron chi connectivity index (χ3n) is 6.05. The Labute approximate surface area is 168 Å². The highest BCUT2D eigenvalue weighted by Gasteiger charge is 2.36. The number of rotatable bonds is 4. The molecule has 0 saturated heterocycles. The van der Waals surface area contributed by atoms with E-state index in [0.29, 0.717) is 29.4 Å². The van der Waals surface area contributed by atoms with Crippen molar-refractivity contribution >= 4 is 22.7 Å². The predicted octanol–water partition coefficient (Wildman–Crippen LogP) is 3.19. The molecule has 0 radical (unpaired) electrons. The van der Waals surface area contributed by atoms with Gasteiger partial charge < -0.3 is 20.4 Å². The van der Waals surface area contributed by atoms with Crippen LogP contribution in [0.3, 0.4) is 0 Å². The number of carbonyl (C=O) groups excluding carboxylic acids is 2. The van der Waals surface area contributed by atoms with Crippen molar-refractivity contribution in [2.45, 2.75) is 25.3 Å². The van der Waals surface area contributed by atoms with E-state index in [0.717, 1.165) is 28.5 Å². The minimum atomic E-state index is -0.254. The van der Waals surface area contributed by atoms with Gasteiger partial charge in [-0.2, -0.15) is 0 Å². The number of carbonyl (C=O) groups is 2. The average molecular weight is 389 g/mol. The summed E-state index contributed by atoms with van der Waals surface area (Å²) in [6.45, 7) is 2.55. The maximum absolute atomic E-state index is 12.8. The number of hydrogen-bond donors (Lipinski definition) is 3. The second-order valence-electron chi connectivity index (χ2n) is 7.96. The van der Waals surface area contributed by atoms with Gasteiger partial charge in [-0.1, -0.05) is 19.1 Å². The molecule has 0 bridgehead atoms. The zero-order valence-electron chi connectivity index (χ0n) is 16.4. The first kappa shape index (κ1) is 17.8. The topological polar surface area (TPSA) is 83.2 Å². The second-order valence-corrected chi connectivity index (χ2v) is 7.96. The van der Waals surface area contributed by atoms with Gasteiger partial charge in [-0.05, 0) is 42.2 Å². The smallest absolute Gasteiger partial charge is 0.254 e. The third kappa shape index (κ3) is 2.95. The first-order chi connectivity index (χ1) is 14.1. The SMILES string of the molecule is CNC(=O)c1cc(C(=O)N[C@H]2C[C@@H]2C)cc2c1OC[C@H]2c1cccc2[nH]ccc12. The van der Waals surface area contributed by atoms with E-state index < -0.39 is 0 Å². The minimum absolute atomic E-state index is 0.0412. The minimum Gasteiger partial charge on any atom is -0.491 e. The van der Waals surface area contributed by atoms with E-state index in [1.807, 2.05) is 30.5 Å². The molecular weight excluding hydrogens is 366 g/mol. The molecule has 2 heterocycles. The van der Waals surface area contributed by atoms with Gasteiger partial charge in [0.05, 0.1) is 12.2 Å². The van der Waals surface area contributed by atoms with Crippen molar-refractivity contribution in [1.82, 2.24) is 15.6 Å². The second kappa shape index (κ2) is 6.65. The van der Waals surface area contributed by atoms with Crippen LogP contribution in [0.1, 0.15) is 51.1 Å². The molecule has 148 valence electrons. The molecule has 5 rings (SSSR count). The van der Waals surface area contributed by atoms with E-state index in [-0.39, 0.29) is 23.8 Å². The number of hydrogen-bond acceptors (Lipinski definition) is 3. The fourth-order valence-corrected chi connectivity index (χ4v) is 4.21. The zero-order chi connectivity index (χ0) is 20.1. The molecular formula is C23H23N3O3. The number of aromatic nitrogens is 1. The van der Waals surface area contributed by atoms with Gasteiger partial charge in [0.1, 0.15) is 5.75 Å². The number of H-pyrrole nitrogens is 1. The number of benzene rings is 2. The quantitative estimate of drug-likeness (QED) is 0.641. The lowest BCUT2D eigenvalue weighted by Gasteiger charge is -2.14. The normalized spacial score (nSPS) is 22.1. The summed E-state index contributed by atoms with van der Waals surface area (Å²) < 4.78 is 5.99. The van der Waals surface area contributed by atoms with Crippen LogP contribution in [-0.4, -0.2) is 36.5 Å². The summed E-state index contributed by atoms with van der Waals surface area (Å²) in [6, 6.07) is 11.9. The van der Waals surface area contributed by atoms with Gasteiger partial charge in [-0.25, -0.2) is 0 Å². The van der Waals surface area contributed by atoms with E-state index in [1.54, 1.807) is 13.1 Å². The monoisotopic (exact) mass is 389 g/mol. The van der Waals surface area contributed by atoms with Crippen molar-refractivity contribution in [2.75, 3.05) is 13.7 Å². The molecule has 1 aliphatic carbocycles. The Morgan fingerprint density at radius 1 is 1.14 bits per heavy atom. The molecule has 6 nitrogen and oxygen atoms in total. The highest BCUT2D eigenvalue weighted by molar-refractivity contribution is 6.02. The summed E-state index contributed by atoms with van der Waals surface area (Å²) in [5.74, 6) is 0.641. The number of ether oxygens (including phenoxy) is 1. The van der Waals surface area contributed by atoms with Gasteiger partial charge in [-0.15, -0.1) is 0 Å². The summed E-state index contributed by atoms with van der Waals surface area (Å²) in [7, 11) is 1.58. The molecule has 3 aromatic rings. The van der Waals surface area contributed by atoms with E-state index >= 15 is 0 Å². The van der Waals surface area contributed by atoms with Crippen molar-refractivity contribution in [2.24, 2.45) is 5.92 Å². The fourth-order valence-electron chi connectivity index (χ4n) is 4.21. The van der Waals surface area contributed by atoms with Crippen molar-refractivity contribution in [1.29, 1.82) is 0 Å². The Bertz CT molecular complexity index is 1130. The van der Waals surface area contributed by atoms with Crippen LogP contribution in [0.5, 0.6) is 5.75 Å². The number of aromatic amines is 1. The first-order valence-corrected chi connectivity index (χ1v) is 9.96. The van der Waals surface area contributed by atoms with Gasteiger partial charge in [0.25, 0.3) is 11.8 Å². The van der Waals surface area contributed by atoms with E-state index in [2.05, 4.69) is 28.6 Å². The van der Waals surface area contributed by atoms with Crippen molar-refractivity contribution in [3.05, 3.63) is 64.8 Å². The van der Waals surface area contributed by atoms with Crippen LogP contribution in [0.25, 0.3) is 10.9 Å². The van der Waals surface area contributed by atoms with Gasteiger partial charge in [0.15, 0.2) is 0 Å². The Hall–Kier alpha value is -3.28. The Morgan fingerprint density at radius 3 is 2.72 bits per heavy atom. The van der Waals surface area contributed by atoms with Crippen molar-refractivity contribution in [3.8, 4) is 5.75 Å². The standard InChI is InChI=1S/C23H23N3O3/c1-12-8-20(12)26-22(27)13-9-16-18(11-29-21(16)17(10-13)23(28)24-2)14-4-3-5-19-15(14)6-7-25-19/h3-7,9-10,12,18,20,25H,8,11H2,1-2H3,(H,24,28)(H,26,27)/t12-,18-,20-/m0/s1. The highest BCUT2D eigenvalue weighted by Crippen LogP contribution is 2.43. The van der Waals surface area contributed by atoms with E-state index in [1.165, 1.54) is 0 Å². The molecule has 1 aromatic heterocycles. The molecule has 6 heteroatoms. The van der Waals surface area contributed by atoms with Crippen LogP contribution in [0.2, 0.25) is 0 Å². The molecule has 1 fully saturated rings. The van der Waals surface area contributed by atoms with Crippen LogP contribution in [0, 0.1) is 5.92 Å². The average Bonchev–Trinajstić information content (AvgIpc) is 3.14. The maximum atomic E-state index is 12.8. The maximum Gasteiger partial charge on any atom is 0.254 e. The summed E-state index contributed by atoms with van der Waals surface area (Å²) in [4.78, 5) is 28.6. The molecule has 1 aliphatic heterocycles. The molecule has 2 amide bonds. The van der Waals surface area contributed by atoms with Crippen LogP contribution < -0.4 is 15.4 Å². The van der Waals surface area contributed by atoms with E-state index in [9.17, 15) is 9.59 Å². The predicted molar refractivity (Wildman–Crippen MR) is 111 cm³/mol. The molecule has 29 heavy (non-hydrogen) atoms. The largest absolute Gasteiger partial charge is 0.491 e. The summed E-state index contributed by atoms with van der Waals surface area (Å²) in [5, 5.41) is 6.84. The zero-order valence-corrected chi connectivity index (χ0v) is 16.4. The lowest BCUT2D eigenvalue weighted by Crippen LogP contribution is -2.27.